The van der Waals surface area contributed by atoms with Gasteiger partial charge >= 0.3 is 0 Å². The van der Waals surface area contributed by atoms with Crippen molar-refractivity contribution in [1.82, 2.24) is 10.2 Å². The van der Waals surface area contributed by atoms with Gasteiger partial charge in [-0.15, -0.1) is 0 Å². The molecule has 1 aliphatic carbocycles. The van der Waals surface area contributed by atoms with Crippen molar-refractivity contribution >= 4 is 0 Å². The van der Waals surface area contributed by atoms with E-state index in [1.165, 1.54) is 45.2 Å². The van der Waals surface area contributed by atoms with Crippen LogP contribution in [-0.4, -0.2) is 36.1 Å². The van der Waals surface area contributed by atoms with Gasteiger partial charge in [0, 0.05) is 18.1 Å². The fraction of sp³-hybridized carbons (Fsp3) is 1.00. The Balaban J connectivity index is 2.26. The molecule has 20 heavy (non-hydrogen) atoms. The molecule has 0 bridgehead atoms. The fourth-order valence-corrected chi connectivity index (χ4v) is 3.28. The van der Waals surface area contributed by atoms with Crippen LogP contribution >= 0.6 is 0 Å². The van der Waals surface area contributed by atoms with Gasteiger partial charge in [-0.2, -0.15) is 0 Å². The van der Waals surface area contributed by atoms with Crippen molar-refractivity contribution in [2.45, 2.75) is 91.8 Å². The van der Waals surface area contributed by atoms with Gasteiger partial charge in [-0.05, 0) is 70.9 Å². The molecule has 1 fully saturated rings. The maximum absolute atomic E-state index is 3.66. The van der Waals surface area contributed by atoms with Gasteiger partial charge in [0.1, 0.15) is 0 Å². The lowest BCUT2D eigenvalue weighted by Gasteiger charge is -2.37. The summed E-state index contributed by atoms with van der Waals surface area (Å²) in [7, 11) is 0. The van der Waals surface area contributed by atoms with E-state index in [-0.39, 0.29) is 0 Å². The van der Waals surface area contributed by atoms with Crippen molar-refractivity contribution < 1.29 is 0 Å². The van der Waals surface area contributed by atoms with Crippen LogP contribution in [0.2, 0.25) is 0 Å². The van der Waals surface area contributed by atoms with Crippen LogP contribution in [0.15, 0.2) is 0 Å². The van der Waals surface area contributed by atoms with Gasteiger partial charge in [0.15, 0.2) is 0 Å². The minimum atomic E-state index is 0.669. The zero-order valence-electron chi connectivity index (χ0n) is 14.8. The summed E-state index contributed by atoms with van der Waals surface area (Å²) in [5.41, 5.74) is 0. The zero-order valence-corrected chi connectivity index (χ0v) is 14.8. The Bertz CT molecular complexity index is 246. The Kier molecular flexibility index (Phi) is 8.13. The number of nitrogens with one attached hydrogen (secondary N) is 1. The summed E-state index contributed by atoms with van der Waals surface area (Å²) in [6.45, 7) is 16.6. The third-order valence-corrected chi connectivity index (χ3v) is 4.72. The van der Waals surface area contributed by atoms with Crippen molar-refractivity contribution in [3.05, 3.63) is 0 Å². The topological polar surface area (TPSA) is 15.3 Å². The minimum Gasteiger partial charge on any atom is -0.314 e. The molecule has 0 aromatic rings. The molecule has 1 rings (SSSR count). The van der Waals surface area contributed by atoms with Crippen molar-refractivity contribution in [3.8, 4) is 0 Å². The van der Waals surface area contributed by atoms with Crippen molar-refractivity contribution in [2.24, 2.45) is 11.8 Å². The smallest absolute Gasteiger partial charge is 0.0118 e. The van der Waals surface area contributed by atoms with Crippen LogP contribution in [-0.2, 0) is 0 Å². The molecular weight excluding hydrogens is 244 g/mol. The Morgan fingerprint density at radius 3 is 2.20 bits per heavy atom. The standard InChI is InChI=1S/C18H38N2/c1-7-18(14(2)3)20(15(4)5)12-8-9-16(6)13-19-17-10-11-17/h14-19H,7-13H2,1-6H3. The molecule has 0 radical (unpaired) electrons. The predicted octanol–water partition coefficient (Wildman–Crippen LogP) is 4.30. The highest BCUT2D eigenvalue weighted by atomic mass is 15.2. The fourth-order valence-electron chi connectivity index (χ4n) is 3.28. The highest BCUT2D eigenvalue weighted by Gasteiger charge is 2.23. The second-order valence-corrected chi connectivity index (χ2v) is 7.48. The lowest BCUT2D eigenvalue weighted by Crippen LogP contribution is -2.43. The summed E-state index contributed by atoms with van der Waals surface area (Å²) in [5, 5.41) is 3.66. The van der Waals surface area contributed by atoms with E-state index in [2.05, 4.69) is 51.8 Å². The molecule has 2 atom stereocenters. The summed E-state index contributed by atoms with van der Waals surface area (Å²) >= 11 is 0. The Morgan fingerprint density at radius 1 is 1.10 bits per heavy atom. The van der Waals surface area contributed by atoms with Crippen LogP contribution in [0.1, 0.15) is 73.6 Å². The highest BCUT2D eigenvalue weighted by molar-refractivity contribution is 4.81. The van der Waals surface area contributed by atoms with Gasteiger partial charge in [-0.25, -0.2) is 0 Å². The second kappa shape index (κ2) is 9.04. The average Bonchev–Trinajstić information content (AvgIpc) is 3.18. The van der Waals surface area contributed by atoms with Crippen LogP contribution in [0.4, 0.5) is 0 Å². The molecule has 0 aliphatic heterocycles. The number of hydrogen-bond donors (Lipinski definition) is 1. The summed E-state index contributed by atoms with van der Waals surface area (Å²) < 4.78 is 0. The van der Waals surface area contributed by atoms with Gasteiger partial charge in [-0.3, -0.25) is 4.90 Å². The Hall–Kier alpha value is -0.0800. The van der Waals surface area contributed by atoms with Crippen LogP contribution in [0.3, 0.4) is 0 Å². The van der Waals surface area contributed by atoms with Crippen molar-refractivity contribution in [2.75, 3.05) is 13.1 Å². The van der Waals surface area contributed by atoms with E-state index in [9.17, 15) is 0 Å². The Labute approximate surface area is 127 Å². The summed E-state index contributed by atoms with van der Waals surface area (Å²) in [4.78, 5) is 2.73. The first-order valence-electron chi connectivity index (χ1n) is 8.94. The molecule has 1 N–H and O–H groups in total. The molecule has 0 amide bonds. The number of hydrogen-bond acceptors (Lipinski definition) is 2. The number of rotatable bonds is 11. The quantitative estimate of drug-likeness (QED) is 0.608. The first-order valence-corrected chi connectivity index (χ1v) is 8.94. The molecule has 120 valence electrons. The lowest BCUT2D eigenvalue weighted by molar-refractivity contribution is 0.110. The molecular formula is C18H38N2. The first kappa shape index (κ1) is 18.0. The molecule has 1 saturated carbocycles. The van der Waals surface area contributed by atoms with Gasteiger partial charge in [0.25, 0.3) is 0 Å². The first-order chi connectivity index (χ1) is 9.45. The normalized spacial score (nSPS) is 19.1. The van der Waals surface area contributed by atoms with Crippen LogP contribution in [0.5, 0.6) is 0 Å². The van der Waals surface area contributed by atoms with Crippen LogP contribution in [0, 0.1) is 11.8 Å². The monoisotopic (exact) mass is 282 g/mol. The molecule has 0 saturated heterocycles. The van der Waals surface area contributed by atoms with Gasteiger partial charge < -0.3 is 5.32 Å². The third kappa shape index (κ3) is 6.58. The molecule has 0 aromatic heterocycles. The minimum absolute atomic E-state index is 0.669. The van der Waals surface area contributed by atoms with E-state index in [4.69, 9.17) is 0 Å². The second-order valence-electron chi connectivity index (χ2n) is 7.48. The van der Waals surface area contributed by atoms with E-state index in [1.807, 2.05) is 0 Å². The molecule has 0 spiro atoms. The summed E-state index contributed by atoms with van der Waals surface area (Å²) in [6.07, 6.45) is 6.78. The summed E-state index contributed by atoms with van der Waals surface area (Å²) in [5.74, 6) is 1.58. The Morgan fingerprint density at radius 2 is 1.75 bits per heavy atom. The third-order valence-electron chi connectivity index (χ3n) is 4.72. The maximum Gasteiger partial charge on any atom is 0.0118 e. The largest absolute Gasteiger partial charge is 0.314 e. The molecule has 1 aliphatic rings. The maximum atomic E-state index is 3.66. The van der Waals surface area contributed by atoms with Crippen molar-refractivity contribution in [1.29, 1.82) is 0 Å². The van der Waals surface area contributed by atoms with E-state index >= 15 is 0 Å². The van der Waals surface area contributed by atoms with Gasteiger partial charge in [-0.1, -0.05) is 27.7 Å². The molecule has 0 aromatic carbocycles. The average molecular weight is 283 g/mol. The van der Waals surface area contributed by atoms with Gasteiger partial charge in [0.2, 0.25) is 0 Å². The highest BCUT2D eigenvalue weighted by Crippen LogP contribution is 2.21. The van der Waals surface area contributed by atoms with E-state index in [0.717, 1.165) is 23.9 Å². The zero-order chi connectivity index (χ0) is 15.1. The SMILES string of the molecule is CCC(C(C)C)N(CCCC(C)CNC1CC1)C(C)C. The lowest BCUT2D eigenvalue weighted by atomic mass is 9.97. The van der Waals surface area contributed by atoms with E-state index < -0.39 is 0 Å². The predicted molar refractivity (Wildman–Crippen MR) is 90.2 cm³/mol. The number of nitrogens with zero attached hydrogens (tertiary/aromatic N) is 1. The van der Waals surface area contributed by atoms with E-state index in [1.54, 1.807) is 0 Å². The molecule has 0 heterocycles. The van der Waals surface area contributed by atoms with E-state index in [0.29, 0.717) is 6.04 Å². The van der Waals surface area contributed by atoms with Gasteiger partial charge in [0.05, 0.1) is 0 Å². The molecule has 2 heteroatoms. The van der Waals surface area contributed by atoms with Crippen LogP contribution < -0.4 is 5.32 Å². The summed E-state index contributed by atoms with van der Waals surface area (Å²) in [6, 6.07) is 2.27. The van der Waals surface area contributed by atoms with Crippen molar-refractivity contribution in [3.63, 3.8) is 0 Å². The molecule has 2 unspecified atom stereocenters. The molecule has 2 nitrogen and oxygen atoms in total. The van der Waals surface area contributed by atoms with Crippen LogP contribution in [0.25, 0.3) is 0 Å².